The van der Waals surface area contributed by atoms with E-state index in [2.05, 4.69) is 5.32 Å². The molecule has 1 heterocycles. The molecule has 1 atom stereocenters. The Morgan fingerprint density at radius 1 is 1.35 bits per heavy atom. The number of aliphatic hydroxyl groups is 1. The second-order valence-corrected chi connectivity index (χ2v) is 5.58. The molecule has 7 heteroatoms. The van der Waals surface area contributed by atoms with Gasteiger partial charge < -0.3 is 15.2 Å². The van der Waals surface area contributed by atoms with E-state index in [0.29, 0.717) is 31.6 Å². The van der Waals surface area contributed by atoms with E-state index in [-0.39, 0.29) is 24.9 Å². The molecule has 0 unspecified atom stereocenters. The fourth-order valence-corrected chi connectivity index (χ4v) is 2.63. The zero-order chi connectivity index (χ0) is 16.9. The molecule has 1 aliphatic heterocycles. The standard InChI is InChI=1S/C16H20F3NO3/c17-16(18,19)13-3-1-2-12(10-13)14(4-7-21)20-15(22)11-5-8-23-9-6-11/h1-3,10-11,14,21H,4-9H2,(H,20,22)/t14-/m0/s1. The van der Waals surface area contributed by atoms with Crippen LogP contribution >= 0.6 is 0 Å². The lowest BCUT2D eigenvalue weighted by molar-refractivity contribution is -0.137. The van der Waals surface area contributed by atoms with Gasteiger partial charge in [0.05, 0.1) is 11.6 Å². The number of aliphatic hydroxyl groups excluding tert-OH is 1. The number of carbonyl (C=O) groups excluding carboxylic acids is 1. The minimum atomic E-state index is -4.44. The molecular formula is C16H20F3NO3. The van der Waals surface area contributed by atoms with Gasteiger partial charge in [0, 0.05) is 25.7 Å². The molecule has 1 saturated heterocycles. The summed E-state index contributed by atoms with van der Waals surface area (Å²) in [5.74, 6) is -0.403. The van der Waals surface area contributed by atoms with E-state index < -0.39 is 17.8 Å². The quantitative estimate of drug-likeness (QED) is 0.872. The molecule has 1 fully saturated rings. The first-order chi connectivity index (χ1) is 10.9. The lowest BCUT2D eigenvalue weighted by Gasteiger charge is -2.25. The monoisotopic (exact) mass is 331 g/mol. The Balaban J connectivity index is 2.12. The van der Waals surface area contributed by atoms with Crippen LogP contribution in [0, 0.1) is 5.92 Å². The molecule has 128 valence electrons. The first-order valence-corrected chi connectivity index (χ1v) is 7.58. The fraction of sp³-hybridized carbons (Fsp3) is 0.562. The summed E-state index contributed by atoms with van der Waals surface area (Å²) < 4.78 is 43.7. The van der Waals surface area contributed by atoms with E-state index in [1.54, 1.807) is 0 Å². The highest BCUT2D eigenvalue weighted by Crippen LogP contribution is 2.31. The highest BCUT2D eigenvalue weighted by molar-refractivity contribution is 5.79. The third-order valence-electron chi connectivity index (χ3n) is 3.94. The van der Waals surface area contributed by atoms with Gasteiger partial charge in [0.25, 0.3) is 0 Å². The Morgan fingerprint density at radius 3 is 2.65 bits per heavy atom. The SMILES string of the molecule is O=C(N[C@@H](CCO)c1cccc(C(F)(F)F)c1)C1CCOCC1. The van der Waals surface area contributed by atoms with Crippen molar-refractivity contribution in [1.29, 1.82) is 0 Å². The molecule has 0 aromatic heterocycles. The van der Waals surface area contributed by atoms with E-state index in [4.69, 9.17) is 9.84 Å². The fourth-order valence-electron chi connectivity index (χ4n) is 2.63. The third kappa shape index (κ3) is 4.94. The molecule has 1 aromatic carbocycles. The second kappa shape index (κ2) is 7.79. The molecule has 2 N–H and O–H groups in total. The number of halogens is 3. The van der Waals surface area contributed by atoms with Crippen LogP contribution in [0.5, 0.6) is 0 Å². The van der Waals surface area contributed by atoms with Gasteiger partial charge in [-0.1, -0.05) is 12.1 Å². The molecule has 0 radical (unpaired) electrons. The van der Waals surface area contributed by atoms with Crippen molar-refractivity contribution >= 4 is 5.91 Å². The van der Waals surface area contributed by atoms with Crippen LogP contribution < -0.4 is 5.32 Å². The van der Waals surface area contributed by atoms with Gasteiger partial charge in [-0.15, -0.1) is 0 Å². The summed E-state index contributed by atoms with van der Waals surface area (Å²) in [4.78, 5) is 12.3. The van der Waals surface area contributed by atoms with Gasteiger partial charge >= 0.3 is 6.18 Å². The molecule has 1 aromatic rings. The molecule has 1 amide bonds. The maximum Gasteiger partial charge on any atom is 0.416 e. The molecule has 0 spiro atoms. The van der Waals surface area contributed by atoms with Crippen LogP contribution in [0.4, 0.5) is 13.2 Å². The Hall–Kier alpha value is -1.60. The van der Waals surface area contributed by atoms with Crippen molar-refractivity contribution in [2.24, 2.45) is 5.92 Å². The largest absolute Gasteiger partial charge is 0.416 e. The average molecular weight is 331 g/mol. The lowest BCUT2D eigenvalue weighted by atomic mass is 9.96. The van der Waals surface area contributed by atoms with Gasteiger partial charge in [0.1, 0.15) is 0 Å². The minimum absolute atomic E-state index is 0.163. The summed E-state index contributed by atoms with van der Waals surface area (Å²) in [7, 11) is 0. The number of nitrogens with one attached hydrogen (secondary N) is 1. The van der Waals surface area contributed by atoms with E-state index in [0.717, 1.165) is 12.1 Å². The summed E-state index contributed by atoms with van der Waals surface area (Å²) >= 11 is 0. The van der Waals surface area contributed by atoms with Crippen LogP contribution in [0.15, 0.2) is 24.3 Å². The summed E-state index contributed by atoms with van der Waals surface area (Å²) in [5.41, 5.74) is -0.424. The van der Waals surface area contributed by atoms with Gasteiger partial charge in [0.2, 0.25) is 5.91 Å². The molecule has 0 aliphatic carbocycles. The van der Waals surface area contributed by atoms with Gasteiger partial charge in [0.15, 0.2) is 0 Å². The molecule has 2 rings (SSSR count). The van der Waals surface area contributed by atoms with E-state index in [9.17, 15) is 18.0 Å². The van der Waals surface area contributed by atoms with Crippen molar-refractivity contribution < 1.29 is 27.8 Å². The van der Waals surface area contributed by atoms with E-state index in [1.165, 1.54) is 12.1 Å². The van der Waals surface area contributed by atoms with Crippen molar-refractivity contribution in [3.8, 4) is 0 Å². The Labute approximate surface area is 132 Å². The van der Waals surface area contributed by atoms with Crippen molar-refractivity contribution in [2.45, 2.75) is 31.5 Å². The number of carbonyl (C=O) groups is 1. The molecule has 0 saturated carbocycles. The van der Waals surface area contributed by atoms with Gasteiger partial charge in [-0.2, -0.15) is 13.2 Å². The van der Waals surface area contributed by atoms with Crippen LogP contribution in [-0.2, 0) is 15.7 Å². The molecule has 23 heavy (non-hydrogen) atoms. The number of alkyl halides is 3. The summed E-state index contributed by atoms with van der Waals surface area (Å²) in [6.45, 7) is 0.785. The first kappa shape index (κ1) is 17.7. The third-order valence-corrected chi connectivity index (χ3v) is 3.94. The summed E-state index contributed by atoms with van der Waals surface area (Å²) in [6, 6.07) is 4.20. The second-order valence-electron chi connectivity index (χ2n) is 5.58. The topological polar surface area (TPSA) is 58.6 Å². The maximum absolute atomic E-state index is 12.8. The predicted molar refractivity (Wildman–Crippen MR) is 77.6 cm³/mol. The number of ether oxygens (including phenoxy) is 1. The lowest BCUT2D eigenvalue weighted by Crippen LogP contribution is -2.37. The Kier molecular flexibility index (Phi) is 6.01. The molecule has 1 aliphatic rings. The van der Waals surface area contributed by atoms with E-state index >= 15 is 0 Å². The normalized spacial score (nSPS) is 17.7. The summed E-state index contributed by atoms with van der Waals surface area (Å²) in [6.07, 6.45) is -3.08. The van der Waals surface area contributed by atoms with Crippen LogP contribution in [0.2, 0.25) is 0 Å². The van der Waals surface area contributed by atoms with Gasteiger partial charge in [-0.05, 0) is 37.0 Å². The summed E-state index contributed by atoms with van der Waals surface area (Å²) in [5, 5.41) is 11.9. The van der Waals surface area contributed by atoms with Crippen LogP contribution in [0.3, 0.4) is 0 Å². The number of hydrogen-bond acceptors (Lipinski definition) is 3. The Bertz CT molecular complexity index is 528. The van der Waals surface area contributed by atoms with Crippen molar-refractivity contribution in [3.63, 3.8) is 0 Å². The van der Waals surface area contributed by atoms with E-state index in [1.807, 2.05) is 0 Å². The number of rotatable bonds is 5. The zero-order valence-electron chi connectivity index (χ0n) is 12.6. The average Bonchev–Trinajstić information content (AvgIpc) is 2.54. The number of hydrogen-bond donors (Lipinski definition) is 2. The number of benzene rings is 1. The zero-order valence-corrected chi connectivity index (χ0v) is 12.6. The van der Waals surface area contributed by atoms with Crippen LogP contribution in [-0.4, -0.2) is 30.8 Å². The van der Waals surface area contributed by atoms with Crippen LogP contribution in [0.25, 0.3) is 0 Å². The Morgan fingerprint density at radius 2 is 2.04 bits per heavy atom. The van der Waals surface area contributed by atoms with Crippen molar-refractivity contribution in [3.05, 3.63) is 35.4 Å². The highest BCUT2D eigenvalue weighted by atomic mass is 19.4. The molecular weight excluding hydrogens is 311 g/mol. The predicted octanol–water partition coefficient (Wildman–Crippen LogP) is 2.67. The smallest absolute Gasteiger partial charge is 0.396 e. The van der Waals surface area contributed by atoms with Gasteiger partial charge in [-0.3, -0.25) is 4.79 Å². The van der Waals surface area contributed by atoms with Crippen LogP contribution in [0.1, 0.15) is 36.4 Å². The van der Waals surface area contributed by atoms with Gasteiger partial charge in [-0.25, -0.2) is 0 Å². The van der Waals surface area contributed by atoms with Crippen molar-refractivity contribution in [1.82, 2.24) is 5.32 Å². The first-order valence-electron chi connectivity index (χ1n) is 7.58. The number of amides is 1. The minimum Gasteiger partial charge on any atom is -0.396 e. The maximum atomic E-state index is 12.8. The molecule has 0 bridgehead atoms. The highest BCUT2D eigenvalue weighted by Gasteiger charge is 2.31. The van der Waals surface area contributed by atoms with Crippen molar-refractivity contribution in [2.75, 3.05) is 19.8 Å². The molecule has 4 nitrogen and oxygen atoms in total.